The molecule has 3 aromatic rings. The van der Waals surface area contributed by atoms with Crippen LogP contribution in [0.5, 0.6) is 0 Å². The third kappa shape index (κ3) is 3.84. The maximum atomic E-state index is 13.1. The van der Waals surface area contributed by atoms with Crippen LogP contribution >= 0.6 is 0 Å². The van der Waals surface area contributed by atoms with Crippen LogP contribution < -0.4 is 9.80 Å². The lowest BCUT2D eigenvalue weighted by molar-refractivity contribution is -0.117. The molecule has 0 unspecified atom stereocenters. The van der Waals surface area contributed by atoms with Gasteiger partial charge in [-0.3, -0.25) is 14.6 Å². The Bertz CT molecular complexity index is 1250. The fourth-order valence-corrected chi connectivity index (χ4v) is 4.32. The van der Waals surface area contributed by atoms with E-state index in [2.05, 4.69) is 4.98 Å². The maximum Gasteiger partial charge on any atom is 0.294 e. The molecular weight excluding hydrogens is 418 g/mol. The van der Waals surface area contributed by atoms with Gasteiger partial charge in [-0.15, -0.1) is 0 Å². The summed E-state index contributed by atoms with van der Waals surface area (Å²) in [7, 11) is -3.35. The Morgan fingerprint density at radius 3 is 2.48 bits per heavy atom. The zero-order valence-corrected chi connectivity index (χ0v) is 18.1. The summed E-state index contributed by atoms with van der Waals surface area (Å²) >= 11 is 0. The highest BCUT2D eigenvalue weighted by Crippen LogP contribution is 2.39. The van der Waals surface area contributed by atoms with Crippen molar-refractivity contribution in [3.63, 3.8) is 0 Å². The van der Waals surface area contributed by atoms with Crippen LogP contribution in [0.3, 0.4) is 0 Å². The van der Waals surface area contributed by atoms with E-state index in [9.17, 15) is 18.0 Å². The van der Waals surface area contributed by atoms with Crippen molar-refractivity contribution in [2.75, 3.05) is 22.6 Å². The van der Waals surface area contributed by atoms with Crippen molar-refractivity contribution < 1.29 is 22.4 Å². The average Bonchev–Trinajstić information content (AvgIpc) is 3.26. The van der Waals surface area contributed by atoms with E-state index in [4.69, 9.17) is 4.42 Å². The molecule has 31 heavy (non-hydrogen) atoms. The number of rotatable bonds is 3. The van der Waals surface area contributed by atoms with Crippen molar-refractivity contribution >= 4 is 33.0 Å². The number of hydrogen-bond acceptors (Lipinski definition) is 6. The van der Waals surface area contributed by atoms with Crippen LogP contribution in [0, 0.1) is 0 Å². The van der Waals surface area contributed by atoms with Gasteiger partial charge in [0.1, 0.15) is 0 Å². The quantitative estimate of drug-likeness (QED) is 0.621. The number of carbonyl (C=O) groups excluding carboxylic acids is 2. The smallest absolute Gasteiger partial charge is 0.294 e. The second-order valence-corrected chi connectivity index (χ2v) is 9.50. The van der Waals surface area contributed by atoms with Crippen LogP contribution in [0.4, 0.5) is 11.4 Å². The van der Waals surface area contributed by atoms with Gasteiger partial charge in [0.15, 0.2) is 15.6 Å². The average molecular weight is 439 g/mol. The van der Waals surface area contributed by atoms with Crippen LogP contribution in [-0.4, -0.2) is 44.1 Å². The molecule has 0 spiro atoms. The number of pyridine rings is 1. The lowest BCUT2D eigenvalue weighted by Crippen LogP contribution is -2.51. The number of furan rings is 1. The number of sulfone groups is 1. The van der Waals surface area contributed by atoms with E-state index in [0.29, 0.717) is 29.2 Å². The van der Waals surface area contributed by atoms with Crippen LogP contribution in [-0.2, 0) is 14.6 Å². The Balaban J connectivity index is 1.81. The van der Waals surface area contributed by atoms with Crippen molar-refractivity contribution in [1.29, 1.82) is 0 Å². The molecule has 2 amide bonds. The zero-order chi connectivity index (χ0) is 22.3. The molecule has 0 saturated heterocycles. The molecule has 0 saturated carbocycles. The molecule has 0 N–H and O–H groups in total. The third-order valence-corrected chi connectivity index (χ3v) is 6.29. The van der Waals surface area contributed by atoms with Gasteiger partial charge >= 0.3 is 0 Å². The van der Waals surface area contributed by atoms with Crippen LogP contribution in [0.2, 0.25) is 0 Å². The molecule has 1 aliphatic rings. The number of fused-ring (bicyclic) bond motifs is 1. The zero-order valence-electron chi connectivity index (χ0n) is 17.3. The van der Waals surface area contributed by atoms with Crippen molar-refractivity contribution in [1.82, 2.24) is 4.98 Å². The standard InChI is InChI=1S/C22H21N3O5S/c1-14-13-24(22(27)21-5-4-10-30-21)20-11-16(6-9-19(20)25(14)15(2)26)18-8-7-17(12-23-18)31(3,28)29/h4-12,14H,13H2,1-3H3/t14-/m0/s1. The van der Waals surface area contributed by atoms with Gasteiger partial charge in [-0.2, -0.15) is 0 Å². The van der Waals surface area contributed by atoms with Gasteiger partial charge in [0.05, 0.1) is 34.3 Å². The van der Waals surface area contributed by atoms with Crippen molar-refractivity contribution in [2.24, 2.45) is 0 Å². The molecule has 1 aromatic carbocycles. The number of amides is 2. The topological polar surface area (TPSA) is 101 Å². The predicted octanol–water partition coefficient (Wildman–Crippen LogP) is 3.15. The molecular formula is C22H21N3O5S. The summed E-state index contributed by atoms with van der Waals surface area (Å²) in [6.07, 6.45) is 3.87. The van der Waals surface area contributed by atoms with E-state index < -0.39 is 9.84 Å². The number of anilines is 2. The molecule has 0 fully saturated rings. The van der Waals surface area contributed by atoms with Crippen molar-refractivity contribution in [3.05, 3.63) is 60.7 Å². The number of carbonyl (C=O) groups is 2. The van der Waals surface area contributed by atoms with Gasteiger partial charge in [-0.05, 0) is 43.3 Å². The highest BCUT2D eigenvalue weighted by Gasteiger charge is 2.35. The lowest BCUT2D eigenvalue weighted by atomic mass is 10.0. The minimum atomic E-state index is -3.35. The van der Waals surface area contributed by atoms with E-state index in [1.807, 2.05) is 6.92 Å². The molecule has 2 aromatic heterocycles. The highest BCUT2D eigenvalue weighted by molar-refractivity contribution is 7.90. The second kappa shape index (κ2) is 7.66. The van der Waals surface area contributed by atoms with Gasteiger partial charge in [0.25, 0.3) is 5.91 Å². The first kappa shape index (κ1) is 20.8. The summed E-state index contributed by atoms with van der Waals surface area (Å²) < 4.78 is 28.7. The summed E-state index contributed by atoms with van der Waals surface area (Å²) in [5.41, 5.74) is 2.41. The molecule has 4 rings (SSSR count). The fraction of sp³-hybridized carbons (Fsp3) is 0.227. The third-order valence-electron chi connectivity index (χ3n) is 5.19. The normalized spacial score (nSPS) is 16.2. The van der Waals surface area contributed by atoms with E-state index in [1.165, 1.54) is 25.5 Å². The molecule has 0 bridgehead atoms. The molecule has 8 nitrogen and oxygen atoms in total. The highest BCUT2D eigenvalue weighted by atomic mass is 32.2. The Morgan fingerprint density at radius 1 is 1.13 bits per heavy atom. The van der Waals surface area contributed by atoms with E-state index >= 15 is 0 Å². The molecule has 160 valence electrons. The molecule has 3 heterocycles. The molecule has 1 atom stereocenters. The predicted molar refractivity (Wildman–Crippen MR) is 116 cm³/mol. The van der Waals surface area contributed by atoms with Crippen LogP contribution in [0.1, 0.15) is 24.4 Å². The SMILES string of the molecule is CC(=O)N1c2ccc(-c3ccc(S(C)(=O)=O)cn3)cc2N(C(=O)c2ccco2)C[C@@H]1C. The van der Waals surface area contributed by atoms with Gasteiger partial charge in [-0.1, -0.05) is 6.07 Å². The Hall–Kier alpha value is -3.46. The minimum Gasteiger partial charge on any atom is -0.459 e. The number of aromatic nitrogens is 1. The number of nitrogens with zero attached hydrogens (tertiary/aromatic N) is 3. The van der Waals surface area contributed by atoms with E-state index in [1.54, 1.807) is 46.2 Å². The molecule has 0 aliphatic carbocycles. The monoisotopic (exact) mass is 439 g/mol. The lowest BCUT2D eigenvalue weighted by Gasteiger charge is -2.40. The maximum absolute atomic E-state index is 13.1. The van der Waals surface area contributed by atoms with E-state index in [-0.39, 0.29) is 28.5 Å². The van der Waals surface area contributed by atoms with Crippen LogP contribution in [0.25, 0.3) is 11.3 Å². The summed E-state index contributed by atoms with van der Waals surface area (Å²) in [6, 6.07) is 11.5. The van der Waals surface area contributed by atoms with Gasteiger partial charge < -0.3 is 14.2 Å². The van der Waals surface area contributed by atoms with Gasteiger partial charge in [-0.25, -0.2) is 8.42 Å². The Kier molecular flexibility index (Phi) is 5.14. The first-order valence-electron chi connectivity index (χ1n) is 9.62. The van der Waals surface area contributed by atoms with Gasteiger partial charge in [0, 0.05) is 31.5 Å². The largest absolute Gasteiger partial charge is 0.459 e. The fourth-order valence-electron chi connectivity index (χ4n) is 3.76. The Morgan fingerprint density at radius 2 is 1.90 bits per heavy atom. The molecule has 9 heteroatoms. The Labute approximate surface area is 180 Å². The first-order valence-corrected chi connectivity index (χ1v) is 11.5. The number of benzene rings is 1. The minimum absolute atomic E-state index is 0.123. The van der Waals surface area contributed by atoms with E-state index in [0.717, 1.165) is 6.26 Å². The summed E-state index contributed by atoms with van der Waals surface area (Å²) in [5, 5.41) is 0. The summed E-state index contributed by atoms with van der Waals surface area (Å²) in [6.45, 7) is 3.67. The number of hydrogen-bond donors (Lipinski definition) is 0. The molecule has 0 radical (unpaired) electrons. The van der Waals surface area contributed by atoms with Crippen molar-refractivity contribution in [2.45, 2.75) is 24.8 Å². The first-order chi connectivity index (χ1) is 14.7. The van der Waals surface area contributed by atoms with Crippen molar-refractivity contribution in [3.8, 4) is 11.3 Å². The van der Waals surface area contributed by atoms with Crippen LogP contribution in [0.15, 0.2) is 64.2 Å². The van der Waals surface area contributed by atoms with Gasteiger partial charge in [0.2, 0.25) is 5.91 Å². The second-order valence-electron chi connectivity index (χ2n) is 7.49. The summed E-state index contributed by atoms with van der Waals surface area (Å²) in [5.74, 6) is -0.225. The summed E-state index contributed by atoms with van der Waals surface area (Å²) in [4.78, 5) is 33.0. The molecule has 1 aliphatic heterocycles.